The molecule has 5 rings (SSSR count). The molecule has 0 saturated carbocycles. The molecule has 2 amide bonds. The third kappa shape index (κ3) is 6.60. The van der Waals surface area contributed by atoms with Crippen LogP contribution >= 0.6 is 0 Å². The average molecular weight is 527 g/mol. The molecular weight excluding hydrogens is 488 g/mol. The number of nitrogens with one attached hydrogen (secondary N) is 1. The molecule has 0 atom stereocenters. The first-order chi connectivity index (χ1) is 19.0. The standard InChI is InChI=1S/C32H38N4O3/c1-34-18-20-35(21-19-34)29-13-14-30(39-2)27-16-17-36(23-28(27)29)32(38)22-25-8-11-26(12-9-25)33-31(37)15-10-24-6-4-3-5-7-24/h3-9,11-14H,10,15-23H2,1-2H3,(H,33,37). The Hall–Kier alpha value is -3.84. The molecule has 1 saturated heterocycles. The van der Waals surface area contributed by atoms with Crippen LogP contribution in [0.5, 0.6) is 5.75 Å². The summed E-state index contributed by atoms with van der Waals surface area (Å²) in [6, 6.07) is 21.9. The van der Waals surface area contributed by atoms with Crippen molar-refractivity contribution in [1.82, 2.24) is 9.80 Å². The van der Waals surface area contributed by atoms with Crippen molar-refractivity contribution in [2.75, 3.05) is 57.1 Å². The van der Waals surface area contributed by atoms with Crippen molar-refractivity contribution in [2.24, 2.45) is 0 Å². The van der Waals surface area contributed by atoms with Crippen LogP contribution in [0.3, 0.4) is 0 Å². The first kappa shape index (κ1) is 26.8. The van der Waals surface area contributed by atoms with E-state index in [9.17, 15) is 9.59 Å². The fourth-order valence-electron chi connectivity index (χ4n) is 5.49. The summed E-state index contributed by atoms with van der Waals surface area (Å²) in [5.74, 6) is 1.02. The zero-order valence-electron chi connectivity index (χ0n) is 23.0. The van der Waals surface area contributed by atoms with Crippen LogP contribution in [0.1, 0.15) is 28.7 Å². The molecular formula is C32H38N4O3. The summed E-state index contributed by atoms with van der Waals surface area (Å²) in [6.07, 6.45) is 2.27. The van der Waals surface area contributed by atoms with Crippen LogP contribution in [0.15, 0.2) is 66.7 Å². The number of hydrogen-bond acceptors (Lipinski definition) is 5. The van der Waals surface area contributed by atoms with E-state index >= 15 is 0 Å². The van der Waals surface area contributed by atoms with Crippen LogP contribution in [0.25, 0.3) is 0 Å². The normalized spacial score (nSPS) is 15.5. The number of ether oxygens (including phenoxy) is 1. The Labute approximate surface area is 231 Å². The lowest BCUT2D eigenvalue weighted by Crippen LogP contribution is -2.45. The fraction of sp³-hybridized carbons (Fsp3) is 0.375. The maximum atomic E-state index is 13.3. The van der Waals surface area contributed by atoms with Gasteiger partial charge in [0.15, 0.2) is 0 Å². The number of benzene rings is 3. The number of fused-ring (bicyclic) bond motifs is 1. The van der Waals surface area contributed by atoms with Gasteiger partial charge in [-0.15, -0.1) is 0 Å². The fourth-order valence-corrected chi connectivity index (χ4v) is 5.49. The van der Waals surface area contributed by atoms with E-state index < -0.39 is 0 Å². The molecule has 39 heavy (non-hydrogen) atoms. The molecule has 0 bridgehead atoms. The number of hydrogen-bond donors (Lipinski definition) is 1. The van der Waals surface area contributed by atoms with Gasteiger partial charge in [0.2, 0.25) is 11.8 Å². The molecule has 1 fully saturated rings. The van der Waals surface area contributed by atoms with Crippen LogP contribution in [0.2, 0.25) is 0 Å². The van der Waals surface area contributed by atoms with Gasteiger partial charge in [-0.1, -0.05) is 42.5 Å². The van der Waals surface area contributed by atoms with Gasteiger partial charge >= 0.3 is 0 Å². The van der Waals surface area contributed by atoms with Gasteiger partial charge in [-0.3, -0.25) is 9.59 Å². The van der Waals surface area contributed by atoms with E-state index in [0.717, 1.165) is 55.2 Å². The highest BCUT2D eigenvalue weighted by Gasteiger charge is 2.28. The van der Waals surface area contributed by atoms with E-state index in [0.29, 0.717) is 32.4 Å². The number of likely N-dealkylation sites (N-methyl/N-ethyl adjacent to an activating group) is 1. The zero-order chi connectivity index (χ0) is 27.2. The number of rotatable bonds is 8. The van der Waals surface area contributed by atoms with Gasteiger partial charge in [-0.2, -0.15) is 0 Å². The maximum Gasteiger partial charge on any atom is 0.227 e. The minimum atomic E-state index is -0.0127. The molecule has 7 heteroatoms. The predicted octanol–water partition coefficient (Wildman–Crippen LogP) is 4.15. The molecule has 0 aromatic heterocycles. The second-order valence-corrected chi connectivity index (χ2v) is 10.5. The Morgan fingerprint density at radius 2 is 1.59 bits per heavy atom. The molecule has 0 spiro atoms. The van der Waals surface area contributed by atoms with Gasteiger partial charge in [-0.25, -0.2) is 0 Å². The molecule has 3 aromatic carbocycles. The molecule has 0 unspecified atom stereocenters. The number of piperazine rings is 1. The zero-order valence-corrected chi connectivity index (χ0v) is 23.0. The summed E-state index contributed by atoms with van der Waals surface area (Å²) in [4.78, 5) is 32.5. The van der Waals surface area contributed by atoms with Gasteiger partial charge in [0.1, 0.15) is 5.75 Å². The topological polar surface area (TPSA) is 65.1 Å². The van der Waals surface area contributed by atoms with Gasteiger partial charge in [0.25, 0.3) is 0 Å². The third-order valence-corrected chi connectivity index (χ3v) is 7.84. The first-order valence-corrected chi connectivity index (χ1v) is 13.8. The van der Waals surface area contributed by atoms with Crippen molar-refractivity contribution in [1.29, 1.82) is 0 Å². The van der Waals surface area contributed by atoms with E-state index in [2.05, 4.69) is 34.3 Å². The van der Waals surface area contributed by atoms with Crippen LogP contribution < -0.4 is 15.0 Å². The summed E-state index contributed by atoms with van der Waals surface area (Å²) >= 11 is 0. The van der Waals surface area contributed by atoms with Crippen molar-refractivity contribution in [3.8, 4) is 5.75 Å². The second kappa shape index (κ2) is 12.3. The molecule has 7 nitrogen and oxygen atoms in total. The smallest absolute Gasteiger partial charge is 0.227 e. The first-order valence-electron chi connectivity index (χ1n) is 13.8. The van der Waals surface area contributed by atoms with E-state index in [1.807, 2.05) is 59.5 Å². The Morgan fingerprint density at radius 1 is 0.846 bits per heavy atom. The highest BCUT2D eigenvalue weighted by Crippen LogP contribution is 2.36. The molecule has 0 radical (unpaired) electrons. The summed E-state index contributed by atoms with van der Waals surface area (Å²) in [5.41, 5.74) is 6.51. The van der Waals surface area contributed by atoms with Crippen molar-refractivity contribution in [2.45, 2.75) is 32.2 Å². The largest absolute Gasteiger partial charge is 0.496 e. The Morgan fingerprint density at radius 3 is 2.31 bits per heavy atom. The van der Waals surface area contributed by atoms with Crippen LogP contribution in [0.4, 0.5) is 11.4 Å². The lowest BCUT2D eigenvalue weighted by atomic mass is 9.95. The van der Waals surface area contributed by atoms with Crippen molar-refractivity contribution in [3.05, 3.63) is 89.0 Å². The molecule has 2 aliphatic heterocycles. The van der Waals surface area contributed by atoms with Gasteiger partial charge < -0.3 is 24.8 Å². The summed E-state index contributed by atoms with van der Waals surface area (Å²) in [5, 5.41) is 2.96. The Kier molecular flexibility index (Phi) is 8.47. The molecule has 3 aromatic rings. The Bertz CT molecular complexity index is 1280. The summed E-state index contributed by atoms with van der Waals surface area (Å²) in [6.45, 7) is 5.32. The minimum Gasteiger partial charge on any atom is -0.496 e. The number of amides is 2. The number of aryl methyl sites for hydroxylation is 1. The maximum absolute atomic E-state index is 13.3. The van der Waals surface area contributed by atoms with Gasteiger partial charge in [0.05, 0.1) is 13.5 Å². The monoisotopic (exact) mass is 526 g/mol. The highest BCUT2D eigenvalue weighted by molar-refractivity contribution is 5.91. The van der Waals surface area contributed by atoms with Crippen molar-refractivity contribution >= 4 is 23.2 Å². The van der Waals surface area contributed by atoms with Crippen LogP contribution in [-0.4, -0.2) is 68.5 Å². The lowest BCUT2D eigenvalue weighted by molar-refractivity contribution is -0.131. The molecule has 2 aliphatic rings. The van der Waals surface area contributed by atoms with E-state index in [1.54, 1.807) is 7.11 Å². The van der Waals surface area contributed by atoms with E-state index in [-0.39, 0.29) is 11.8 Å². The van der Waals surface area contributed by atoms with E-state index in [4.69, 9.17) is 4.74 Å². The molecule has 2 heterocycles. The van der Waals surface area contributed by atoms with Crippen LogP contribution in [-0.2, 0) is 35.4 Å². The summed E-state index contributed by atoms with van der Waals surface area (Å²) < 4.78 is 5.68. The highest BCUT2D eigenvalue weighted by atomic mass is 16.5. The van der Waals surface area contributed by atoms with Crippen molar-refractivity contribution in [3.63, 3.8) is 0 Å². The Balaban J connectivity index is 1.19. The van der Waals surface area contributed by atoms with E-state index in [1.165, 1.54) is 16.8 Å². The molecule has 1 N–H and O–H groups in total. The van der Waals surface area contributed by atoms with Gasteiger partial charge in [0, 0.05) is 68.2 Å². The average Bonchev–Trinajstić information content (AvgIpc) is 2.97. The molecule has 204 valence electrons. The number of anilines is 2. The molecule has 0 aliphatic carbocycles. The second-order valence-electron chi connectivity index (χ2n) is 10.5. The van der Waals surface area contributed by atoms with Crippen molar-refractivity contribution < 1.29 is 14.3 Å². The minimum absolute atomic E-state index is 0.0127. The number of carbonyl (C=O) groups is 2. The SMILES string of the molecule is COc1ccc(N2CCN(C)CC2)c2c1CCN(C(=O)Cc1ccc(NC(=O)CCc3ccccc3)cc1)C2. The van der Waals surface area contributed by atoms with Crippen LogP contribution in [0, 0.1) is 0 Å². The number of nitrogens with zero attached hydrogens (tertiary/aromatic N) is 3. The lowest BCUT2D eigenvalue weighted by Gasteiger charge is -2.38. The van der Waals surface area contributed by atoms with Gasteiger partial charge in [-0.05, 0) is 55.3 Å². The predicted molar refractivity (Wildman–Crippen MR) is 155 cm³/mol. The summed E-state index contributed by atoms with van der Waals surface area (Å²) in [7, 11) is 3.88. The quantitative estimate of drug-likeness (QED) is 0.478. The number of carbonyl (C=O) groups excluding carboxylic acids is 2. The third-order valence-electron chi connectivity index (χ3n) is 7.84. The number of methoxy groups -OCH3 is 1.